The predicted octanol–water partition coefficient (Wildman–Crippen LogP) is 3.26. The first kappa shape index (κ1) is 17.9. The number of hydrogen-bond acceptors (Lipinski definition) is 6. The van der Waals surface area contributed by atoms with Gasteiger partial charge in [-0.3, -0.25) is 4.98 Å². The van der Waals surface area contributed by atoms with Gasteiger partial charge in [-0.15, -0.1) is 11.3 Å². The Morgan fingerprint density at radius 1 is 1.08 bits per heavy atom. The molecule has 0 bridgehead atoms. The molecule has 0 amide bonds. The van der Waals surface area contributed by atoms with Crippen LogP contribution in [0.15, 0.2) is 29.8 Å². The molecule has 0 unspecified atom stereocenters. The van der Waals surface area contributed by atoms with Gasteiger partial charge in [0.2, 0.25) is 10.0 Å². The van der Waals surface area contributed by atoms with Gasteiger partial charge >= 0.3 is 0 Å². The number of thiazole rings is 1. The molecule has 0 atom stereocenters. The van der Waals surface area contributed by atoms with Crippen molar-refractivity contribution in [2.24, 2.45) is 5.92 Å². The Labute approximate surface area is 158 Å². The maximum absolute atomic E-state index is 11.9. The maximum Gasteiger partial charge on any atom is 0.214 e. The molecular formula is C18H24N4O2S2. The zero-order chi connectivity index (χ0) is 18.0. The van der Waals surface area contributed by atoms with Crippen LogP contribution in [0.2, 0.25) is 0 Å². The van der Waals surface area contributed by atoms with Crippen LogP contribution in [0.4, 0.5) is 5.13 Å². The number of nitrogens with zero attached hydrogens (tertiary/aromatic N) is 2. The maximum atomic E-state index is 11.9. The van der Waals surface area contributed by atoms with E-state index in [9.17, 15) is 8.42 Å². The van der Waals surface area contributed by atoms with Crippen molar-refractivity contribution in [2.45, 2.75) is 49.8 Å². The van der Waals surface area contributed by atoms with Crippen molar-refractivity contribution in [3.63, 3.8) is 0 Å². The molecule has 2 fully saturated rings. The van der Waals surface area contributed by atoms with Gasteiger partial charge in [0.15, 0.2) is 5.13 Å². The van der Waals surface area contributed by atoms with E-state index in [4.69, 9.17) is 0 Å². The molecule has 0 aromatic carbocycles. The van der Waals surface area contributed by atoms with Crippen molar-refractivity contribution in [3.05, 3.63) is 29.8 Å². The Morgan fingerprint density at radius 2 is 1.88 bits per heavy atom. The van der Waals surface area contributed by atoms with Crippen molar-refractivity contribution in [1.82, 2.24) is 14.7 Å². The molecule has 0 spiro atoms. The number of nitrogens with one attached hydrogen (secondary N) is 2. The van der Waals surface area contributed by atoms with Gasteiger partial charge in [-0.2, -0.15) is 0 Å². The number of hydrogen-bond donors (Lipinski definition) is 2. The molecule has 2 N–H and O–H groups in total. The van der Waals surface area contributed by atoms with Gasteiger partial charge in [-0.1, -0.05) is 6.07 Å². The SMILES string of the molecule is O=S(=O)(NCC1CCC(Nc2nc(-c3ccccn3)cs2)CC1)C1CC1. The van der Waals surface area contributed by atoms with Crippen LogP contribution >= 0.6 is 11.3 Å². The van der Waals surface area contributed by atoms with Gasteiger partial charge < -0.3 is 5.32 Å². The summed E-state index contributed by atoms with van der Waals surface area (Å²) < 4.78 is 26.7. The lowest BCUT2D eigenvalue weighted by atomic mass is 9.86. The van der Waals surface area contributed by atoms with Crippen molar-refractivity contribution in [2.75, 3.05) is 11.9 Å². The number of sulfonamides is 1. The van der Waals surface area contributed by atoms with Crippen LogP contribution in [0.25, 0.3) is 11.4 Å². The monoisotopic (exact) mass is 392 g/mol. The van der Waals surface area contributed by atoms with Crippen LogP contribution in [0, 0.1) is 5.92 Å². The first-order chi connectivity index (χ1) is 12.6. The highest BCUT2D eigenvalue weighted by molar-refractivity contribution is 7.90. The minimum absolute atomic E-state index is 0.126. The van der Waals surface area contributed by atoms with Gasteiger partial charge in [0.05, 0.1) is 10.9 Å². The van der Waals surface area contributed by atoms with E-state index >= 15 is 0 Å². The molecule has 2 heterocycles. The smallest absolute Gasteiger partial charge is 0.214 e. The lowest BCUT2D eigenvalue weighted by molar-refractivity contribution is 0.337. The first-order valence-corrected chi connectivity index (χ1v) is 11.6. The summed E-state index contributed by atoms with van der Waals surface area (Å²) in [4.78, 5) is 8.98. The van der Waals surface area contributed by atoms with Gasteiger partial charge in [-0.25, -0.2) is 18.1 Å². The van der Waals surface area contributed by atoms with Gasteiger partial charge in [0.1, 0.15) is 5.69 Å². The van der Waals surface area contributed by atoms with Crippen molar-refractivity contribution >= 4 is 26.5 Å². The summed E-state index contributed by atoms with van der Waals surface area (Å²) in [6, 6.07) is 6.24. The molecule has 0 aliphatic heterocycles. The van der Waals surface area contributed by atoms with Crippen LogP contribution in [0.3, 0.4) is 0 Å². The molecule has 140 valence electrons. The second-order valence-electron chi connectivity index (χ2n) is 7.21. The summed E-state index contributed by atoms with van der Waals surface area (Å²) in [5.41, 5.74) is 1.80. The lowest BCUT2D eigenvalue weighted by Gasteiger charge is -2.29. The topological polar surface area (TPSA) is 84.0 Å². The molecule has 0 saturated heterocycles. The molecule has 2 aromatic heterocycles. The molecule has 26 heavy (non-hydrogen) atoms. The van der Waals surface area contributed by atoms with Gasteiger partial charge in [0.25, 0.3) is 0 Å². The Balaban J connectivity index is 1.24. The van der Waals surface area contributed by atoms with Crippen molar-refractivity contribution < 1.29 is 8.42 Å². The van der Waals surface area contributed by atoms with E-state index in [0.717, 1.165) is 55.0 Å². The van der Waals surface area contributed by atoms with E-state index in [-0.39, 0.29) is 5.25 Å². The van der Waals surface area contributed by atoms with Gasteiger partial charge in [0, 0.05) is 24.2 Å². The van der Waals surface area contributed by atoms with Crippen LogP contribution in [0.5, 0.6) is 0 Å². The number of rotatable bonds is 7. The standard InChI is InChI=1S/C18H24N4O2S2/c23-26(24,15-8-9-15)20-11-13-4-6-14(7-5-13)21-18-22-17(12-25-18)16-3-1-2-10-19-16/h1-3,10,12-15,20H,4-9,11H2,(H,21,22). The highest BCUT2D eigenvalue weighted by Gasteiger charge is 2.36. The molecule has 0 radical (unpaired) electrons. The third kappa shape index (κ3) is 4.42. The van der Waals surface area contributed by atoms with E-state index in [1.165, 1.54) is 0 Å². The summed E-state index contributed by atoms with van der Waals surface area (Å²) in [6.45, 7) is 0.590. The summed E-state index contributed by atoms with van der Waals surface area (Å²) in [5.74, 6) is 0.446. The number of anilines is 1. The van der Waals surface area contributed by atoms with E-state index in [1.807, 2.05) is 23.6 Å². The minimum Gasteiger partial charge on any atom is -0.359 e. The zero-order valence-electron chi connectivity index (χ0n) is 14.6. The average molecular weight is 393 g/mol. The van der Waals surface area contributed by atoms with E-state index in [2.05, 4.69) is 20.0 Å². The summed E-state index contributed by atoms with van der Waals surface area (Å²) in [6.07, 6.45) is 7.61. The lowest BCUT2D eigenvalue weighted by Crippen LogP contribution is -2.35. The average Bonchev–Trinajstić information content (AvgIpc) is 3.43. The summed E-state index contributed by atoms with van der Waals surface area (Å²) >= 11 is 1.61. The normalized spacial score (nSPS) is 23.7. The molecule has 2 aromatic rings. The van der Waals surface area contributed by atoms with Crippen molar-refractivity contribution in [1.29, 1.82) is 0 Å². The molecule has 8 heteroatoms. The number of pyridine rings is 1. The van der Waals surface area contributed by atoms with E-state index in [1.54, 1.807) is 17.5 Å². The third-order valence-electron chi connectivity index (χ3n) is 5.14. The molecule has 4 rings (SSSR count). The third-order valence-corrected chi connectivity index (χ3v) is 7.83. The Kier molecular flexibility index (Phi) is 5.24. The molecule has 6 nitrogen and oxygen atoms in total. The Hall–Kier alpha value is -1.51. The minimum atomic E-state index is -3.05. The highest BCUT2D eigenvalue weighted by atomic mass is 32.2. The Morgan fingerprint density at radius 3 is 2.58 bits per heavy atom. The van der Waals surface area contributed by atoms with E-state index < -0.39 is 10.0 Å². The fourth-order valence-corrected chi connectivity index (χ4v) is 5.63. The Bertz CT molecular complexity index is 826. The fourth-order valence-electron chi connectivity index (χ4n) is 3.39. The predicted molar refractivity (Wildman–Crippen MR) is 105 cm³/mol. The van der Waals surface area contributed by atoms with E-state index in [0.29, 0.717) is 18.5 Å². The summed E-state index contributed by atoms with van der Waals surface area (Å²) in [5, 5.41) is 6.37. The zero-order valence-corrected chi connectivity index (χ0v) is 16.2. The fraction of sp³-hybridized carbons (Fsp3) is 0.556. The van der Waals surface area contributed by atoms with Crippen LogP contribution in [0.1, 0.15) is 38.5 Å². The van der Waals surface area contributed by atoms with Crippen LogP contribution in [-0.4, -0.2) is 36.2 Å². The second-order valence-corrected chi connectivity index (χ2v) is 10.1. The van der Waals surface area contributed by atoms with Gasteiger partial charge in [-0.05, 0) is 56.6 Å². The number of aromatic nitrogens is 2. The molecule has 2 aliphatic rings. The quantitative estimate of drug-likeness (QED) is 0.756. The first-order valence-electron chi connectivity index (χ1n) is 9.22. The molecule has 2 saturated carbocycles. The van der Waals surface area contributed by atoms with Crippen LogP contribution < -0.4 is 10.0 Å². The van der Waals surface area contributed by atoms with Crippen molar-refractivity contribution in [3.8, 4) is 11.4 Å². The summed E-state index contributed by atoms with van der Waals surface area (Å²) in [7, 11) is -3.05. The highest BCUT2D eigenvalue weighted by Crippen LogP contribution is 2.30. The molecular weight excluding hydrogens is 368 g/mol. The van der Waals surface area contributed by atoms with Crippen LogP contribution in [-0.2, 0) is 10.0 Å². The second kappa shape index (κ2) is 7.62. The largest absolute Gasteiger partial charge is 0.359 e. The molecule has 2 aliphatic carbocycles.